The van der Waals surface area contributed by atoms with E-state index in [9.17, 15) is 5.11 Å². The number of aromatic nitrogens is 1. The lowest BCUT2D eigenvalue weighted by Crippen LogP contribution is -2.20. The van der Waals surface area contributed by atoms with Gasteiger partial charge >= 0.3 is 0 Å². The highest BCUT2D eigenvalue weighted by Gasteiger charge is 2.21. The fourth-order valence-electron chi connectivity index (χ4n) is 2.08. The average molecular weight is 258 g/mol. The number of hydrogen-bond acceptors (Lipinski definition) is 4. The van der Waals surface area contributed by atoms with Crippen LogP contribution in [0.15, 0.2) is 48.8 Å². The van der Waals surface area contributed by atoms with Crippen LogP contribution in [0.25, 0.3) is 0 Å². The van der Waals surface area contributed by atoms with Crippen molar-refractivity contribution in [3.8, 4) is 5.75 Å². The fourth-order valence-corrected chi connectivity index (χ4v) is 2.08. The van der Waals surface area contributed by atoms with Crippen molar-refractivity contribution >= 4 is 0 Å². The first-order valence-electron chi connectivity index (χ1n) is 6.18. The van der Waals surface area contributed by atoms with Crippen molar-refractivity contribution in [2.45, 2.75) is 12.0 Å². The molecule has 1 aromatic heterocycles. The van der Waals surface area contributed by atoms with Gasteiger partial charge in [0, 0.05) is 24.9 Å². The van der Waals surface area contributed by atoms with E-state index >= 15 is 0 Å². The van der Waals surface area contributed by atoms with Crippen molar-refractivity contribution in [2.75, 3.05) is 13.7 Å². The standard InChI is InChI=1S/C15H18N2O2/c1-19-13-6-4-11(5-7-13)15(18)14(9-16)12-3-2-8-17-10-12/h2-8,10,14-15,18H,9,16H2,1H3. The summed E-state index contributed by atoms with van der Waals surface area (Å²) in [5.41, 5.74) is 7.54. The average Bonchev–Trinajstić information content (AvgIpc) is 2.49. The zero-order valence-electron chi connectivity index (χ0n) is 10.9. The molecule has 0 aliphatic rings. The number of aliphatic hydroxyl groups excluding tert-OH is 1. The van der Waals surface area contributed by atoms with Crippen LogP contribution in [0.4, 0.5) is 0 Å². The van der Waals surface area contributed by atoms with Gasteiger partial charge in [0.2, 0.25) is 0 Å². The second-order valence-corrected chi connectivity index (χ2v) is 4.35. The van der Waals surface area contributed by atoms with Crippen LogP contribution in [0.2, 0.25) is 0 Å². The number of nitrogens with two attached hydrogens (primary N) is 1. The zero-order valence-corrected chi connectivity index (χ0v) is 10.9. The van der Waals surface area contributed by atoms with Crippen LogP contribution in [0.1, 0.15) is 23.1 Å². The number of aliphatic hydroxyl groups is 1. The second kappa shape index (κ2) is 6.31. The first-order valence-corrected chi connectivity index (χ1v) is 6.18. The minimum absolute atomic E-state index is 0.165. The minimum Gasteiger partial charge on any atom is -0.497 e. The molecule has 0 saturated carbocycles. The van der Waals surface area contributed by atoms with Crippen molar-refractivity contribution in [2.24, 2.45) is 5.73 Å². The lowest BCUT2D eigenvalue weighted by molar-refractivity contribution is 0.147. The maximum atomic E-state index is 10.4. The number of hydrogen-bond donors (Lipinski definition) is 2. The molecule has 100 valence electrons. The summed E-state index contributed by atoms with van der Waals surface area (Å²) >= 11 is 0. The summed E-state index contributed by atoms with van der Waals surface area (Å²) in [5.74, 6) is 0.601. The lowest BCUT2D eigenvalue weighted by Gasteiger charge is -2.22. The van der Waals surface area contributed by atoms with Crippen molar-refractivity contribution in [3.63, 3.8) is 0 Å². The molecule has 0 radical (unpaired) electrons. The summed E-state index contributed by atoms with van der Waals surface area (Å²) < 4.78 is 5.10. The molecular formula is C15H18N2O2. The Morgan fingerprint density at radius 3 is 2.47 bits per heavy atom. The van der Waals surface area contributed by atoms with Gasteiger partial charge in [-0.15, -0.1) is 0 Å². The van der Waals surface area contributed by atoms with Crippen molar-refractivity contribution < 1.29 is 9.84 Å². The van der Waals surface area contributed by atoms with Gasteiger partial charge in [0.1, 0.15) is 5.75 Å². The summed E-state index contributed by atoms with van der Waals surface area (Å²) in [6.45, 7) is 0.360. The third-order valence-corrected chi connectivity index (χ3v) is 3.20. The SMILES string of the molecule is COc1ccc(C(O)C(CN)c2cccnc2)cc1. The summed E-state index contributed by atoms with van der Waals surface area (Å²) in [6, 6.07) is 11.1. The molecular weight excluding hydrogens is 240 g/mol. The van der Waals surface area contributed by atoms with Crippen molar-refractivity contribution in [1.29, 1.82) is 0 Å². The van der Waals surface area contributed by atoms with E-state index in [1.54, 1.807) is 19.5 Å². The molecule has 2 atom stereocenters. The molecule has 1 aromatic carbocycles. The number of benzene rings is 1. The Morgan fingerprint density at radius 1 is 1.21 bits per heavy atom. The monoisotopic (exact) mass is 258 g/mol. The molecule has 2 rings (SSSR count). The van der Waals surface area contributed by atoms with Crippen LogP contribution < -0.4 is 10.5 Å². The van der Waals surface area contributed by atoms with Crippen LogP contribution in [0.3, 0.4) is 0 Å². The zero-order chi connectivity index (χ0) is 13.7. The van der Waals surface area contributed by atoms with Gasteiger partial charge in [-0.05, 0) is 29.3 Å². The Hall–Kier alpha value is -1.91. The second-order valence-electron chi connectivity index (χ2n) is 4.35. The van der Waals surface area contributed by atoms with Gasteiger partial charge < -0.3 is 15.6 Å². The maximum Gasteiger partial charge on any atom is 0.118 e. The normalized spacial score (nSPS) is 13.8. The molecule has 0 amide bonds. The van der Waals surface area contributed by atoms with E-state index in [2.05, 4.69) is 4.98 Å². The maximum absolute atomic E-state index is 10.4. The molecule has 0 bridgehead atoms. The fraction of sp³-hybridized carbons (Fsp3) is 0.267. The molecule has 19 heavy (non-hydrogen) atoms. The number of rotatable bonds is 5. The number of nitrogens with zero attached hydrogens (tertiary/aromatic N) is 1. The smallest absolute Gasteiger partial charge is 0.118 e. The lowest BCUT2D eigenvalue weighted by atomic mass is 9.90. The summed E-state index contributed by atoms with van der Waals surface area (Å²) in [6.07, 6.45) is 2.79. The molecule has 4 nitrogen and oxygen atoms in total. The van der Waals surface area contributed by atoms with Crippen LogP contribution in [-0.4, -0.2) is 23.7 Å². The summed E-state index contributed by atoms with van der Waals surface area (Å²) in [4.78, 5) is 4.07. The predicted octanol–water partition coefficient (Wildman–Crippen LogP) is 1.87. The largest absolute Gasteiger partial charge is 0.497 e. The molecule has 0 aliphatic carbocycles. The van der Waals surface area contributed by atoms with Gasteiger partial charge in [-0.1, -0.05) is 18.2 Å². The number of methoxy groups -OCH3 is 1. The number of pyridine rings is 1. The van der Waals surface area contributed by atoms with E-state index < -0.39 is 6.10 Å². The van der Waals surface area contributed by atoms with E-state index in [4.69, 9.17) is 10.5 Å². The summed E-state index contributed by atoms with van der Waals surface area (Å²) in [5, 5.41) is 10.4. The molecule has 2 unspecified atom stereocenters. The first-order chi connectivity index (χ1) is 9.26. The Kier molecular flexibility index (Phi) is 4.49. The van der Waals surface area contributed by atoms with Gasteiger partial charge in [-0.2, -0.15) is 0 Å². The Labute approximate surface area is 112 Å². The predicted molar refractivity (Wildman–Crippen MR) is 74.0 cm³/mol. The van der Waals surface area contributed by atoms with Crippen LogP contribution in [-0.2, 0) is 0 Å². The van der Waals surface area contributed by atoms with E-state index in [0.717, 1.165) is 16.9 Å². The van der Waals surface area contributed by atoms with Gasteiger partial charge in [0.15, 0.2) is 0 Å². The van der Waals surface area contributed by atoms with Gasteiger partial charge in [-0.25, -0.2) is 0 Å². The highest BCUT2D eigenvalue weighted by atomic mass is 16.5. The molecule has 2 aromatic rings. The van der Waals surface area contributed by atoms with Gasteiger partial charge in [-0.3, -0.25) is 4.98 Å². The Morgan fingerprint density at radius 2 is 1.95 bits per heavy atom. The molecule has 0 fully saturated rings. The van der Waals surface area contributed by atoms with Gasteiger partial charge in [0.05, 0.1) is 13.2 Å². The highest BCUT2D eigenvalue weighted by molar-refractivity contribution is 5.31. The third-order valence-electron chi connectivity index (χ3n) is 3.20. The van der Waals surface area contributed by atoms with Crippen LogP contribution in [0.5, 0.6) is 5.75 Å². The van der Waals surface area contributed by atoms with Gasteiger partial charge in [0.25, 0.3) is 0 Å². The van der Waals surface area contributed by atoms with E-state index in [1.807, 2.05) is 36.4 Å². The van der Waals surface area contributed by atoms with E-state index in [1.165, 1.54) is 0 Å². The first kappa shape index (κ1) is 13.5. The molecule has 0 aliphatic heterocycles. The molecule has 3 N–H and O–H groups in total. The quantitative estimate of drug-likeness (QED) is 0.859. The van der Waals surface area contributed by atoms with Crippen molar-refractivity contribution in [3.05, 3.63) is 59.9 Å². The number of ether oxygens (including phenoxy) is 1. The van der Waals surface area contributed by atoms with E-state index in [0.29, 0.717) is 6.54 Å². The third kappa shape index (κ3) is 3.10. The summed E-state index contributed by atoms with van der Waals surface area (Å²) in [7, 11) is 1.61. The van der Waals surface area contributed by atoms with Crippen LogP contribution >= 0.6 is 0 Å². The molecule has 0 saturated heterocycles. The topological polar surface area (TPSA) is 68.4 Å². The van der Waals surface area contributed by atoms with Crippen molar-refractivity contribution in [1.82, 2.24) is 4.98 Å². The molecule has 4 heteroatoms. The van der Waals surface area contributed by atoms with E-state index in [-0.39, 0.29) is 5.92 Å². The molecule has 0 spiro atoms. The van der Waals surface area contributed by atoms with Crippen LogP contribution in [0, 0.1) is 0 Å². The molecule has 1 heterocycles. The highest BCUT2D eigenvalue weighted by Crippen LogP contribution is 2.30. The Bertz CT molecular complexity index is 499. The Balaban J connectivity index is 2.22. The minimum atomic E-state index is -0.653.